The summed E-state index contributed by atoms with van der Waals surface area (Å²) in [6, 6.07) is 7.71. The highest BCUT2D eigenvalue weighted by atomic mass is 79.9. The van der Waals surface area contributed by atoms with Crippen LogP contribution in [0.4, 0.5) is 11.6 Å². The number of H-pyrrole nitrogens is 1. The molecular formula is C15H18BrN3O. The van der Waals surface area contributed by atoms with Crippen molar-refractivity contribution in [3.63, 3.8) is 0 Å². The van der Waals surface area contributed by atoms with E-state index in [0.29, 0.717) is 5.95 Å². The largest absolute Gasteiger partial charge is 0.326 e. The average Bonchev–Trinajstić information content (AvgIpc) is 2.41. The van der Waals surface area contributed by atoms with Crippen LogP contribution in [-0.4, -0.2) is 9.97 Å². The van der Waals surface area contributed by atoms with E-state index in [0.717, 1.165) is 40.7 Å². The summed E-state index contributed by atoms with van der Waals surface area (Å²) < 4.78 is 1.01. The van der Waals surface area contributed by atoms with Crippen molar-refractivity contribution in [2.45, 2.75) is 33.1 Å². The fourth-order valence-corrected chi connectivity index (χ4v) is 2.25. The fourth-order valence-electron chi connectivity index (χ4n) is 1.99. The first-order valence-electron chi connectivity index (χ1n) is 6.72. The van der Waals surface area contributed by atoms with Gasteiger partial charge in [-0.15, -0.1) is 0 Å². The number of aromatic nitrogens is 2. The molecule has 0 aliphatic heterocycles. The lowest BCUT2D eigenvalue weighted by Crippen LogP contribution is -2.18. The quantitative estimate of drug-likeness (QED) is 0.870. The van der Waals surface area contributed by atoms with Crippen LogP contribution in [0.1, 0.15) is 31.0 Å². The zero-order valence-corrected chi connectivity index (χ0v) is 13.3. The summed E-state index contributed by atoms with van der Waals surface area (Å²) in [5.41, 5.74) is 2.41. The van der Waals surface area contributed by atoms with Gasteiger partial charge in [-0.25, -0.2) is 4.98 Å². The lowest BCUT2D eigenvalue weighted by atomic mass is 10.1. The van der Waals surface area contributed by atoms with Crippen molar-refractivity contribution in [1.29, 1.82) is 0 Å². The van der Waals surface area contributed by atoms with Crippen LogP contribution in [0.5, 0.6) is 0 Å². The number of rotatable bonds is 5. The minimum Gasteiger partial charge on any atom is -0.326 e. The lowest BCUT2D eigenvalue weighted by Gasteiger charge is -2.09. The Balaban J connectivity index is 2.21. The van der Waals surface area contributed by atoms with Gasteiger partial charge < -0.3 is 5.32 Å². The van der Waals surface area contributed by atoms with E-state index in [9.17, 15) is 4.79 Å². The molecule has 4 nitrogen and oxygen atoms in total. The Hall–Kier alpha value is -1.62. The normalized spacial score (nSPS) is 10.6. The van der Waals surface area contributed by atoms with Gasteiger partial charge in [-0.3, -0.25) is 9.78 Å². The first kappa shape index (κ1) is 14.8. The van der Waals surface area contributed by atoms with Gasteiger partial charge in [0.2, 0.25) is 5.95 Å². The monoisotopic (exact) mass is 335 g/mol. The van der Waals surface area contributed by atoms with Crippen LogP contribution < -0.4 is 10.9 Å². The molecule has 20 heavy (non-hydrogen) atoms. The van der Waals surface area contributed by atoms with Crippen LogP contribution in [0.15, 0.2) is 33.5 Å². The summed E-state index contributed by atoms with van der Waals surface area (Å²) in [4.78, 5) is 19.3. The number of hydrogen-bond acceptors (Lipinski definition) is 3. The van der Waals surface area contributed by atoms with E-state index in [4.69, 9.17) is 0 Å². The van der Waals surface area contributed by atoms with E-state index in [1.54, 1.807) is 0 Å². The molecule has 0 unspecified atom stereocenters. The second-order valence-corrected chi connectivity index (χ2v) is 5.63. The molecular weight excluding hydrogens is 318 g/mol. The predicted molar refractivity (Wildman–Crippen MR) is 85.6 cm³/mol. The van der Waals surface area contributed by atoms with E-state index in [-0.39, 0.29) is 5.56 Å². The maximum absolute atomic E-state index is 12.1. The molecule has 0 bridgehead atoms. The van der Waals surface area contributed by atoms with E-state index in [2.05, 4.69) is 38.1 Å². The summed E-state index contributed by atoms with van der Waals surface area (Å²) >= 11 is 3.39. The Morgan fingerprint density at radius 1 is 1.30 bits per heavy atom. The van der Waals surface area contributed by atoms with Gasteiger partial charge in [0.05, 0.1) is 0 Å². The standard InChI is InChI=1S/C15H18BrN3O/c1-3-4-5-13-10(2)17-15(19-14(13)20)18-12-8-6-11(16)7-9-12/h6-9H,3-5H2,1-2H3,(H2,17,18,19,20). The highest BCUT2D eigenvalue weighted by molar-refractivity contribution is 9.10. The molecule has 0 radical (unpaired) electrons. The molecule has 1 heterocycles. The molecule has 0 saturated carbocycles. The molecule has 0 amide bonds. The van der Waals surface area contributed by atoms with Gasteiger partial charge in [-0.05, 0) is 44.0 Å². The van der Waals surface area contributed by atoms with Crippen molar-refractivity contribution in [2.24, 2.45) is 0 Å². The molecule has 0 aliphatic rings. The topological polar surface area (TPSA) is 57.8 Å². The molecule has 0 fully saturated rings. The van der Waals surface area contributed by atoms with Gasteiger partial charge in [0.25, 0.3) is 5.56 Å². The van der Waals surface area contributed by atoms with E-state index >= 15 is 0 Å². The number of aromatic amines is 1. The number of aryl methyl sites for hydroxylation is 1. The number of benzene rings is 1. The molecule has 1 aromatic carbocycles. The number of halogens is 1. The Morgan fingerprint density at radius 2 is 2.00 bits per heavy atom. The van der Waals surface area contributed by atoms with Crippen LogP contribution in [0, 0.1) is 6.92 Å². The second-order valence-electron chi connectivity index (χ2n) is 4.71. The molecule has 2 rings (SSSR count). The summed E-state index contributed by atoms with van der Waals surface area (Å²) in [5, 5.41) is 3.11. The highest BCUT2D eigenvalue weighted by Gasteiger charge is 2.07. The fraction of sp³-hybridized carbons (Fsp3) is 0.333. The molecule has 0 aliphatic carbocycles. The summed E-state index contributed by atoms with van der Waals surface area (Å²) in [7, 11) is 0. The zero-order chi connectivity index (χ0) is 14.5. The SMILES string of the molecule is CCCCc1c(C)nc(Nc2ccc(Br)cc2)[nH]c1=O. The summed E-state index contributed by atoms with van der Waals surface area (Å²) in [6.07, 6.45) is 2.85. The number of anilines is 2. The summed E-state index contributed by atoms with van der Waals surface area (Å²) in [6.45, 7) is 3.99. The van der Waals surface area contributed by atoms with Gasteiger partial charge in [0.1, 0.15) is 0 Å². The van der Waals surface area contributed by atoms with Crippen molar-refractivity contribution in [1.82, 2.24) is 9.97 Å². The molecule has 0 saturated heterocycles. The van der Waals surface area contributed by atoms with Gasteiger partial charge in [0, 0.05) is 21.4 Å². The summed E-state index contributed by atoms with van der Waals surface area (Å²) in [5.74, 6) is 0.482. The Labute approximate surface area is 126 Å². The van der Waals surface area contributed by atoms with Crippen molar-refractivity contribution in [2.75, 3.05) is 5.32 Å². The van der Waals surface area contributed by atoms with Crippen molar-refractivity contribution < 1.29 is 0 Å². The molecule has 2 N–H and O–H groups in total. The Bertz CT molecular complexity index is 635. The molecule has 5 heteroatoms. The van der Waals surface area contributed by atoms with Gasteiger partial charge in [-0.1, -0.05) is 29.3 Å². The molecule has 0 spiro atoms. The second kappa shape index (κ2) is 6.70. The van der Waals surface area contributed by atoms with Crippen molar-refractivity contribution in [3.05, 3.63) is 50.3 Å². The van der Waals surface area contributed by atoms with Crippen molar-refractivity contribution >= 4 is 27.6 Å². The lowest BCUT2D eigenvalue weighted by molar-refractivity contribution is 0.775. The minimum atomic E-state index is -0.0504. The first-order valence-corrected chi connectivity index (χ1v) is 7.52. The van der Waals surface area contributed by atoms with Gasteiger partial charge in [-0.2, -0.15) is 0 Å². The third kappa shape index (κ3) is 3.70. The average molecular weight is 336 g/mol. The molecule has 1 aromatic heterocycles. The van der Waals surface area contributed by atoms with E-state index in [1.165, 1.54) is 0 Å². The Morgan fingerprint density at radius 3 is 2.60 bits per heavy atom. The first-order chi connectivity index (χ1) is 9.60. The van der Waals surface area contributed by atoms with Gasteiger partial charge >= 0.3 is 0 Å². The number of hydrogen-bond donors (Lipinski definition) is 2. The third-order valence-electron chi connectivity index (χ3n) is 3.11. The smallest absolute Gasteiger partial charge is 0.255 e. The number of unbranched alkanes of at least 4 members (excludes halogenated alkanes) is 1. The Kier molecular flexibility index (Phi) is 4.95. The molecule has 2 aromatic rings. The van der Waals surface area contributed by atoms with Crippen LogP contribution in [0.25, 0.3) is 0 Å². The predicted octanol–water partition coefficient (Wildman–Crippen LogP) is 3.93. The number of nitrogens with one attached hydrogen (secondary N) is 2. The number of nitrogens with zero attached hydrogens (tertiary/aromatic N) is 1. The van der Waals surface area contributed by atoms with Crippen LogP contribution in [0.2, 0.25) is 0 Å². The van der Waals surface area contributed by atoms with Crippen molar-refractivity contribution in [3.8, 4) is 0 Å². The third-order valence-corrected chi connectivity index (χ3v) is 3.64. The maximum atomic E-state index is 12.1. The van der Waals surface area contributed by atoms with Crippen LogP contribution >= 0.6 is 15.9 Å². The van der Waals surface area contributed by atoms with Crippen LogP contribution in [0.3, 0.4) is 0 Å². The zero-order valence-electron chi connectivity index (χ0n) is 11.7. The molecule has 106 valence electrons. The van der Waals surface area contributed by atoms with E-state index < -0.39 is 0 Å². The van der Waals surface area contributed by atoms with E-state index in [1.807, 2.05) is 31.2 Å². The minimum absolute atomic E-state index is 0.0504. The van der Waals surface area contributed by atoms with Crippen LogP contribution in [-0.2, 0) is 6.42 Å². The van der Waals surface area contributed by atoms with Gasteiger partial charge in [0.15, 0.2) is 0 Å². The molecule has 0 atom stereocenters. The highest BCUT2D eigenvalue weighted by Crippen LogP contribution is 2.17. The maximum Gasteiger partial charge on any atom is 0.255 e.